The third-order valence-corrected chi connectivity index (χ3v) is 2.53. The summed E-state index contributed by atoms with van der Waals surface area (Å²) in [5.41, 5.74) is 3.05. The Balaban J connectivity index is 2.56. The van der Waals surface area contributed by atoms with Crippen LogP contribution in [0.15, 0.2) is 11.4 Å². The van der Waals surface area contributed by atoms with E-state index in [-0.39, 0.29) is 11.5 Å². The molecule has 4 heteroatoms. The van der Waals surface area contributed by atoms with Gasteiger partial charge in [0, 0.05) is 0 Å². The maximum atomic E-state index is 11.5. The highest BCUT2D eigenvalue weighted by Crippen LogP contribution is 2.15. The van der Waals surface area contributed by atoms with Crippen LogP contribution >= 0.6 is 11.3 Å². The summed E-state index contributed by atoms with van der Waals surface area (Å²) < 4.78 is 0. The standard InChI is InChI=1S/C10H15NO2S/c1-7-5-6-14-8(7)9(12)11-13-10(2,3)4/h5-6H,1-4H3,(H,11,12). The van der Waals surface area contributed by atoms with Gasteiger partial charge in [-0.05, 0) is 44.7 Å². The SMILES string of the molecule is Cc1ccsc1C(=O)NOC(C)(C)C. The third kappa shape index (κ3) is 3.12. The fraction of sp³-hybridized carbons (Fsp3) is 0.500. The minimum Gasteiger partial charge on any atom is -0.268 e. The van der Waals surface area contributed by atoms with E-state index in [1.807, 2.05) is 39.1 Å². The van der Waals surface area contributed by atoms with Crippen molar-refractivity contribution < 1.29 is 9.63 Å². The Kier molecular flexibility index (Phi) is 3.29. The first-order valence-electron chi connectivity index (χ1n) is 4.42. The lowest BCUT2D eigenvalue weighted by Crippen LogP contribution is -2.33. The molecular weight excluding hydrogens is 198 g/mol. The minimum absolute atomic E-state index is 0.174. The van der Waals surface area contributed by atoms with Crippen molar-refractivity contribution in [2.75, 3.05) is 0 Å². The summed E-state index contributed by atoms with van der Waals surface area (Å²) in [4.78, 5) is 17.4. The molecule has 0 saturated heterocycles. The minimum atomic E-state index is -0.360. The number of hydroxylamine groups is 1. The van der Waals surface area contributed by atoms with Crippen LogP contribution in [0, 0.1) is 6.92 Å². The molecule has 1 rings (SSSR count). The van der Waals surface area contributed by atoms with Crippen LogP contribution in [-0.2, 0) is 4.84 Å². The Morgan fingerprint density at radius 2 is 2.14 bits per heavy atom. The number of aryl methyl sites for hydroxylation is 1. The maximum Gasteiger partial charge on any atom is 0.285 e. The van der Waals surface area contributed by atoms with Crippen LogP contribution < -0.4 is 5.48 Å². The smallest absolute Gasteiger partial charge is 0.268 e. The first-order chi connectivity index (χ1) is 6.40. The molecule has 0 aliphatic heterocycles. The van der Waals surface area contributed by atoms with Gasteiger partial charge in [0.2, 0.25) is 0 Å². The van der Waals surface area contributed by atoms with Gasteiger partial charge in [0.15, 0.2) is 0 Å². The molecule has 1 aromatic heterocycles. The van der Waals surface area contributed by atoms with Crippen LogP contribution in [0.4, 0.5) is 0 Å². The summed E-state index contributed by atoms with van der Waals surface area (Å²) in [7, 11) is 0. The summed E-state index contributed by atoms with van der Waals surface area (Å²) >= 11 is 1.42. The number of hydrogen-bond acceptors (Lipinski definition) is 3. The van der Waals surface area contributed by atoms with Crippen LogP contribution in [0.25, 0.3) is 0 Å². The highest BCUT2D eigenvalue weighted by molar-refractivity contribution is 7.12. The highest BCUT2D eigenvalue weighted by Gasteiger charge is 2.15. The molecule has 0 radical (unpaired) electrons. The molecular formula is C10H15NO2S. The molecule has 1 N–H and O–H groups in total. The summed E-state index contributed by atoms with van der Waals surface area (Å²) in [5, 5.41) is 1.89. The second-order valence-electron chi connectivity index (χ2n) is 4.08. The van der Waals surface area contributed by atoms with Gasteiger partial charge >= 0.3 is 0 Å². The molecule has 0 aliphatic rings. The summed E-state index contributed by atoms with van der Waals surface area (Å²) in [6, 6.07) is 1.91. The van der Waals surface area contributed by atoms with Gasteiger partial charge in [0.25, 0.3) is 5.91 Å². The molecule has 0 atom stereocenters. The molecule has 0 unspecified atom stereocenters. The van der Waals surface area contributed by atoms with Gasteiger partial charge in [0.05, 0.1) is 10.5 Å². The summed E-state index contributed by atoms with van der Waals surface area (Å²) in [5.74, 6) is -0.174. The van der Waals surface area contributed by atoms with Crippen molar-refractivity contribution in [2.24, 2.45) is 0 Å². The molecule has 0 aliphatic carbocycles. The zero-order valence-corrected chi connectivity index (χ0v) is 9.70. The normalized spacial score (nSPS) is 11.4. The Morgan fingerprint density at radius 1 is 1.50 bits per heavy atom. The average Bonchev–Trinajstić information content (AvgIpc) is 2.46. The van der Waals surface area contributed by atoms with Crippen LogP contribution in [0.1, 0.15) is 36.0 Å². The van der Waals surface area contributed by atoms with E-state index in [4.69, 9.17) is 4.84 Å². The second kappa shape index (κ2) is 4.11. The molecule has 0 fully saturated rings. The molecule has 1 heterocycles. The molecule has 14 heavy (non-hydrogen) atoms. The monoisotopic (exact) mass is 213 g/mol. The maximum absolute atomic E-state index is 11.5. The van der Waals surface area contributed by atoms with Crippen molar-refractivity contribution in [1.82, 2.24) is 5.48 Å². The van der Waals surface area contributed by atoms with Gasteiger partial charge in [-0.2, -0.15) is 0 Å². The molecule has 0 bridgehead atoms. The molecule has 78 valence electrons. The Morgan fingerprint density at radius 3 is 2.57 bits per heavy atom. The number of nitrogens with one attached hydrogen (secondary N) is 1. The van der Waals surface area contributed by atoms with E-state index < -0.39 is 0 Å². The van der Waals surface area contributed by atoms with E-state index in [0.717, 1.165) is 5.56 Å². The molecule has 0 saturated carbocycles. The first-order valence-corrected chi connectivity index (χ1v) is 5.30. The van der Waals surface area contributed by atoms with E-state index >= 15 is 0 Å². The van der Waals surface area contributed by atoms with E-state index in [1.165, 1.54) is 11.3 Å². The van der Waals surface area contributed by atoms with Crippen LogP contribution in [0.3, 0.4) is 0 Å². The number of amides is 1. The third-order valence-electron chi connectivity index (χ3n) is 1.52. The highest BCUT2D eigenvalue weighted by atomic mass is 32.1. The van der Waals surface area contributed by atoms with E-state index in [0.29, 0.717) is 4.88 Å². The predicted octanol–water partition coefficient (Wildman–Crippen LogP) is 2.52. The zero-order chi connectivity index (χ0) is 10.8. The van der Waals surface area contributed by atoms with Crippen molar-refractivity contribution >= 4 is 17.2 Å². The lowest BCUT2D eigenvalue weighted by molar-refractivity contribution is -0.0588. The Bertz CT molecular complexity index is 325. The molecule has 0 aromatic carbocycles. The van der Waals surface area contributed by atoms with E-state index in [2.05, 4.69) is 5.48 Å². The second-order valence-corrected chi connectivity index (χ2v) is 4.99. The van der Waals surface area contributed by atoms with E-state index in [1.54, 1.807) is 0 Å². The van der Waals surface area contributed by atoms with Crippen molar-refractivity contribution in [2.45, 2.75) is 33.3 Å². The quantitative estimate of drug-likeness (QED) is 0.767. The first kappa shape index (κ1) is 11.2. The molecule has 0 spiro atoms. The molecule has 3 nitrogen and oxygen atoms in total. The van der Waals surface area contributed by atoms with Gasteiger partial charge in [0.1, 0.15) is 0 Å². The van der Waals surface area contributed by atoms with Crippen molar-refractivity contribution in [3.63, 3.8) is 0 Å². The predicted molar refractivity (Wildman–Crippen MR) is 57.4 cm³/mol. The van der Waals surface area contributed by atoms with Gasteiger partial charge in [-0.15, -0.1) is 11.3 Å². The van der Waals surface area contributed by atoms with Crippen molar-refractivity contribution in [1.29, 1.82) is 0 Å². The lowest BCUT2D eigenvalue weighted by atomic mass is 10.2. The summed E-state index contributed by atoms with van der Waals surface area (Å²) in [6.45, 7) is 7.56. The van der Waals surface area contributed by atoms with Crippen LogP contribution in [0.5, 0.6) is 0 Å². The summed E-state index contributed by atoms with van der Waals surface area (Å²) in [6.07, 6.45) is 0. The van der Waals surface area contributed by atoms with Crippen molar-refractivity contribution in [3.05, 3.63) is 21.9 Å². The number of carbonyl (C=O) groups is 1. The lowest BCUT2D eigenvalue weighted by Gasteiger charge is -2.18. The molecule has 1 aromatic rings. The topological polar surface area (TPSA) is 38.3 Å². The fourth-order valence-corrected chi connectivity index (χ4v) is 1.66. The van der Waals surface area contributed by atoms with Crippen LogP contribution in [-0.4, -0.2) is 11.5 Å². The van der Waals surface area contributed by atoms with Crippen LogP contribution in [0.2, 0.25) is 0 Å². The van der Waals surface area contributed by atoms with E-state index in [9.17, 15) is 4.79 Å². The zero-order valence-electron chi connectivity index (χ0n) is 8.88. The fourth-order valence-electron chi connectivity index (χ4n) is 0.851. The van der Waals surface area contributed by atoms with Gasteiger partial charge in [-0.3, -0.25) is 9.63 Å². The number of thiophene rings is 1. The van der Waals surface area contributed by atoms with Gasteiger partial charge in [-0.25, -0.2) is 5.48 Å². The number of hydrogen-bond donors (Lipinski definition) is 1. The van der Waals surface area contributed by atoms with Gasteiger partial charge in [-0.1, -0.05) is 0 Å². The number of carbonyl (C=O) groups excluding carboxylic acids is 1. The Hall–Kier alpha value is -0.870. The van der Waals surface area contributed by atoms with Crippen molar-refractivity contribution in [3.8, 4) is 0 Å². The van der Waals surface area contributed by atoms with Gasteiger partial charge < -0.3 is 0 Å². The number of rotatable bonds is 2. The molecule has 1 amide bonds. The largest absolute Gasteiger partial charge is 0.285 e. The Labute approximate surface area is 88.0 Å². The average molecular weight is 213 g/mol.